The minimum atomic E-state index is -0.987. The zero-order valence-electron chi connectivity index (χ0n) is 9.48. The number of rotatable bonds is 5. The summed E-state index contributed by atoms with van der Waals surface area (Å²) in [4.78, 5) is 22.3. The van der Waals surface area contributed by atoms with Crippen molar-refractivity contribution in [1.82, 2.24) is 0 Å². The van der Waals surface area contributed by atoms with Crippen molar-refractivity contribution >= 4 is 17.6 Å². The monoisotopic (exact) mass is 233 g/mol. The zero-order chi connectivity index (χ0) is 12.3. The van der Waals surface area contributed by atoms with Crippen LogP contribution in [0.2, 0.25) is 0 Å². The summed E-state index contributed by atoms with van der Waals surface area (Å²) in [6.45, 7) is 0. The molecule has 1 fully saturated rings. The number of anilines is 1. The summed E-state index contributed by atoms with van der Waals surface area (Å²) in [5.74, 6) is -0.301. The van der Waals surface area contributed by atoms with Crippen molar-refractivity contribution in [3.05, 3.63) is 29.8 Å². The molecule has 1 aromatic rings. The highest BCUT2D eigenvalue weighted by molar-refractivity contribution is 5.93. The summed E-state index contributed by atoms with van der Waals surface area (Å²) in [6, 6.07) is 6.29. The molecule has 0 unspecified atom stereocenters. The van der Waals surface area contributed by atoms with Gasteiger partial charge in [-0.3, -0.25) is 4.79 Å². The number of nitrogens with one attached hydrogen (secondary N) is 1. The molecule has 0 aliphatic heterocycles. The second kappa shape index (κ2) is 4.99. The molecule has 17 heavy (non-hydrogen) atoms. The number of carboxylic acid groups (broad SMARTS) is 1. The summed E-state index contributed by atoms with van der Waals surface area (Å²) in [5.41, 5.74) is 0.732. The molecule has 0 spiro atoms. The Labute approximate surface area is 99.6 Å². The molecule has 0 saturated heterocycles. The highest BCUT2D eigenvalue weighted by atomic mass is 16.4. The van der Waals surface area contributed by atoms with E-state index in [1.54, 1.807) is 12.1 Å². The van der Waals surface area contributed by atoms with Crippen LogP contribution in [0.5, 0.6) is 0 Å². The van der Waals surface area contributed by atoms with Crippen LogP contribution in [0.15, 0.2) is 24.3 Å². The number of carbonyl (C=O) groups is 2. The van der Waals surface area contributed by atoms with Crippen molar-refractivity contribution in [2.24, 2.45) is 5.92 Å². The van der Waals surface area contributed by atoms with Crippen LogP contribution < -0.4 is 5.32 Å². The van der Waals surface area contributed by atoms with Gasteiger partial charge >= 0.3 is 5.97 Å². The van der Waals surface area contributed by atoms with Gasteiger partial charge in [-0.2, -0.15) is 0 Å². The molecule has 0 radical (unpaired) electrons. The summed E-state index contributed by atoms with van der Waals surface area (Å²) >= 11 is 0. The van der Waals surface area contributed by atoms with Crippen molar-refractivity contribution in [3.63, 3.8) is 0 Å². The molecule has 90 valence electrons. The largest absolute Gasteiger partial charge is 0.478 e. The molecule has 1 amide bonds. The van der Waals surface area contributed by atoms with Gasteiger partial charge in [0.25, 0.3) is 0 Å². The molecule has 2 N–H and O–H groups in total. The van der Waals surface area contributed by atoms with Gasteiger partial charge in [-0.15, -0.1) is 0 Å². The third-order valence-electron chi connectivity index (χ3n) is 2.87. The van der Waals surface area contributed by atoms with Gasteiger partial charge < -0.3 is 10.4 Å². The first-order valence-electron chi connectivity index (χ1n) is 5.78. The first-order chi connectivity index (χ1) is 8.15. The van der Waals surface area contributed by atoms with E-state index in [0.717, 1.165) is 12.3 Å². The molecule has 1 aliphatic carbocycles. The standard InChI is InChI=1S/C13H15NO3/c15-12(7-6-9-4-5-9)14-11-3-1-2-10(8-11)13(16)17/h1-3,8-9H,4-7H2,(H,14,15)(H,16,17). The van der Waals surface area contributed by atoms with Crippen LogP contribution in [0.3, 0.4) is 0 Å². The molecule has 2 rings (SSSR count). The Hall–Kier alpha value is -1.84. The SMILES string of the molecule is O=C(CCC1CC1)Nc1cccc(C(=O)O)c1. The number of amides is 1. The summed E-state index contributed by atoms with van der Waals surface area (Å²) < 4.78 is 0. The zero-order valence-corrected chi connectivity index (χ0v) is 9.48. The van der Waals surface area contributed by atoms with Gasteiger partial charge in [-0.1, -0.05) is 18.9 Å². The van der Waals surface area contributed by atoms with E-state index in [0.29, 0.717) is 12.1 Å². The van der Waals surface area contributed by atoms with Crippen LogP contribution in [0.1, 0.15) is 36.0 Å². The molecule has 1 aromatic carbocycles. The second-order valence-electron chi connectivity index (χ2n) is 4.42. The number of hydrogen-bond donors (Lipinski definition) is 2. The van der Waals surface area contributed by atoms with Crippen molar-refractivity contribution < 1.29 is 14.7 Å². The number of hydrogen-bond acceptors (Lipinski definition) is 2. The minimum Gasteiger partial charge on any atom is -0.478 e. The second-order valence-corrected chi connectivity index (χ2v) is 4.42. The molecule has 0 aromatic heterocycles. The highest BCUT2D eigenvalue weighted by Crippen LogP contribution is 2.33. The smallest absolute Gasteiger partial charge is 0.335 e. The summed E-state index contributed by atoms with van der Waals surface area (Å²) in [7, 11) is 0. The number of benzene rings is 1. The normalized spacial score (nSPS) is 14.4. The molecule has 1 aliphatic rings. The predicted octanol–water partition coefficient (Wildman–Crippen LogP) is 2.51. The van der Waals surface area contributed by atoms with Gasteiger partial charge in [0, 0.05) is 12.1 Å². The van der Waals surface area contributed by atoms with Crippen LogP contribution in [-0.4, -0.2) is 17.0 Å². The Morgan fingerprint density at radius 2 is 2.12 bits per heavy atom. The quantitative estimate of drug-likeness (QED) is 0.821. The van der Waals surface area contributed by atoms with E-state index >= 15 is 0 Å². The van der Waals surface area contributed by atoms with E-state index in [2.05, 4.69) is 5.32 Å². The number of aromatic carboxylic acids is 1. The minimum absolute atomic E-state index is 0.0422. The fourth-order valence-electron chi connectivity index (χ4n) is 1.70. The van der Waals surface area contributed by atoms with Crippen molar-refractivity contribution in [3.8, 4) is 0 Å². The number of carboxylic acids is 1. The average molecular weight is 233 g/mol. The lowest BCUT2D eigenvalue weighted by molar-refractivity contribution is -0.116. The fourth-order valence-corrected chi connectivity index (χ4v) is 1.70. The first-order valence-corrected chi connectivity index (χ1v) is 5.78. The molecule has 4 heteroatoms. The van der Waals surface area contributed by atoms with E-state index in [1.165, 1.54) is 25.0 Å². The van der Waals surface area contributed by atoms with Gasteiger partial charge in [0.1, 0.15) is 0 Å². The summed E-state index contributed by atoms with van der Waals surface area (Å²) in [6.07, 6.45) is 3.93. The van der Waals surface area contributed by atoms with Gasteiger partial charge in [0.2, 0.25) is 5.91 Å². The van der Waals surface area contributed by atoms with Crippen molar-refractivity contribution in [2.75, 3.05) is 5.32 Å². The molecule has 0 heterocycles. The van der Waals surface area contributed by atoms with Crippen molar-refractivity contribution in [2.45, 2.75) is 25.7 Å². The lowest BCUT2D eigenvalue weighted by Crippen LogP contribution is -2.11. The number of carbonyl (C=O) groups excluding carboxylic acids is 1. The van der Waals surface area contributed by atoms with E-state index in [1.807, 2.05) is 0 Å². The van der Waals surface area contributed by atoms with Crippen LogP contribution in [0.25, 0.3) is 0 Å². The molecule has 1 saturated carbocycles. The molecular weight excluding hydrogens is 218 g/mol. The maximum absolute atomic E-state index is 11.6. The van der Waals surface area contributed by atoms with Gasteiger partial charge in [-0.05, 0) is 30.5 Å². The fraction of sp³-hybridized carbons (Fsp3) is 0.385. The van der Waals surface area contributed by atoms with Crippen LogP contribution in [0, 0.1) is 5.92 Å². The van der Waals surface area contributed by atoms with Gasteiger partial charge in [0.15, 0.2) is 0 Å². The molecule has 0 atom stereocenters. The average Bonchev–Trinajstić information content (AvgIpc) is 3.10. The third-order valence-corrected chi connectivity index (χ3v) is 2.87. The van der Waals surface area contributed by atoms with Gasteiger partial charge in [-0.25, -0.2) is 4.79 Å². The van der Waals surface area contributed by atoms with E-state index in [4.69, 9.17) is 5.11 Å². The van der Waals surface area contributed by atoms with Gasteiger partial charge in [0.05, 0.1) is 5.56 Å². The molecule has 4 nitrogen and oxygen atoms in total. The highest BCUT2D eigenvalue weighted by Gasteiger charge is 2.21. The lowest BCUT2D eigenvalue weighted by Gasteiger charge is -2.05. The van der Waals surface area contributed by atoms with Crippen LogP contribution in [-0.2, 0) is 4.79 Å². The molecule has 0 bridgehead atoms. The maximum Gasteiger partial charge on any atom is 0.335 e. The van der Waals surface area contributed by atoms with E-state index in [-0.39, 0.29) is 11.5 Å². The first kappa shape index (κ1) is 11.6. The van der Waals surface area contributed by atoms with E-state index < -0.39 is 5.97 Å². The maximum atomic E-state index is 11.6. The van der Waals surface area contributed by atoms with Crippen molar-refractivity contribution in [1.29, 1.82) is 0 Å². The Balaban J connectivity index is 1.90. The van der Waals surface area contributed by atoms with E-state index in [9.17, 15) is 9.59 Å². The Morgan fingerprint density at radius 3 is 2.76 bits per heavy atom. The Morgan fingerprint density at radius 1 is 1.35 bits per heavy atom. The summed E-state index contributed by atoms with van der Waals surface area (Å²) in [5, 5.41) is 11.5. The third kappa shape index (κ3) is 3.59. The van der Waals surface area contributed by atoms with Crippen LogP contribution in [0.4, 0.5) is 5.69 Å². The molecular formula is C13H15NO3. The lowest BCUT2D eigenvalue weighted by atomic mass is 10.2. The Kier molecular flexibility index (Phi) is 3.42. The van der Waals surface area contributed by atoms with Crippen LogP contribution >= 0.6 is 0 Å². The predicted molar refractivity (Wildman–Crippen MR) is 64.0 cm³/mol. The Bertz CT molecular complexity index is 438. The topological polar surface area (TPSA) is 66.4 Å².